The molecule has 1 aromatic carbocycles. The molecule has 0 aliphatic heterocycles. The van der Waals surface area contributed by atoms with Crippen LogP contribution in [0.4, 0.5) is 11.8 Å². The van der Waals surface area contributed by atoms with Gasteiger partial charge in [0.25, 0.3) is 0 Å². The van der Waals surface area contributed by atoms with Crippen LogP contribution in [0.25, 0.3) is 16.9 Å². The molecule has 0 aliphatic carbocycles. The molecule has 0 spiro atoms. The van der Waals surface area contributed by atoms with E-state index in [1.807, 2.05) is 59.7 Å². The molecule has 0 bridgehead atoms. The van der Waals surface area contributed by atoms with Crippen LogP contribution in [0.2, 0.25) is 0 Å². The van der Waals surface area contributed by atoms with Crippen molar-refractivity contribution >= 4 is 29.2 Å². The molecule has 0 amide bonds. The third-order valence-corrected chi connectivity index (χ3v) is 5.84. The summed E-state index contributed by atoms with van der Waals surface area (Å²) in [5.41, 5.74) is 3.87. The number of fused-ring (bicyclic) bond motifs is 1. The number of anilines is 2. The van der Waals surface area contributed by atoms with Crippen molar-refractivity contribution in [3.8, 4) is 11.3 Å². The number of hydrogen-bond acceptors (Lipinski definition) is 7. The highest BCUT2D eigenvalue weighted by atomic mass is 32.2. The first-order chi connectivity index (χ1) is 15.3. The predicted octanol–water partition coefficient (Wildman–Crippen LogP) is 4.10. The van der Waals surface area contributed by atoms with Crippen molar-refractivity contribution in [3.63, 3.8) is 0 Å². The summed E-state index contributed by atoms with van der Waals surface area (Å²) in [6.45, 7) is 0. The highest BCUT2D eigenvalue weighted by Crippen LogP contribution is 2.22. The van der Waals surface area contributed by atoms with E-state index in [0.29, 0.717) is 5.95 Å². The Morgan fingerprint density at radius 3 is 2.71 bits per heavy atom. The van der Waals surface area contributed by atoms with E-state index >= 15 is 0 Å². The Labute approximate surface area is 183 Å². The summed E-state index contributed by atoms with van der Waals surface area (Å²) in [6, 6.07) is 18.2. The second kappa shape index (κ2) is 8.57. The number of aryl methyl sites for hydroxylation is 1. The minimum atomic E-state index is 0.514. The summed E-state index contributed by atoms with van der Waals surface area (Å²) in [6.07, 6.45) is 5.46. The van der Waals surface area contributed by atoms with Crippen molar-refractivity contribution in [1.29, 1.82) is 0 Å². The van der Waals surface area contributed by atoms with E-state index in [0.717, 1.165) is 40.1 Å². The Kier molecular flexibility index (Phi) is 5.32. The van der Waals surface area contributed by atoms with Crippen LogP contribution in [0, 0.1) is 0 Å². The highest BCUT2D eigenvalue weighted by Gasteiger charge is 2.09. The Morgan fingerprint density at radius 1 is 0.968 bits per heavy atom. The maximum atomic E-state index is 4.63. The first kappa shape index (κ1) is 19.3. The lowest BCUT2D eigenvalue weighted by Crippen LogP contribution is -2.03. The third-order valence-electron chi connectivity index (χ3n) is 4.84. The number of rotatable bonds is 7. The summed E-state index contributed by atoms with van der Waals surface area (Å²) < 4.78 is 3.76. The number of thioether (sulfide) groups is 1. The number of aromatic nitrogens is 7. The van der Waals surface area contributed by atoms with Gasteiger partial charge in [-0.05, 0) is 23.8 Å². The minimum absolute atomic E-state index is 0.514. The quantitative estimate of drug-likeness (QED) is 0.418. The average Bonchev–Trinajstić information content (AvgIpc) is 3.40. The van der Waals surface area contributed by atoms with Crippen LogP contribution in [0.5, 0.6) is 0 Å². The molecule has 5 aromatic rings. The Morgan fingerprint density at radius 2 is 1.87 bits per heavy atom. The minimum Gasteiger partial charge on any atom is -0.309 e. The fourth-order valence-electron chi connectivity index (χ4n) is 3.22. The average molecular weight is 429 g/mol. The Hall–Kier alpha value is -3.72. The number of pyridine rings is 1. The smallest absolute Gasteiger partial charge is 0.228 e. The van der Waals surface area contributed by atoms with E-state index < -0.39 is 0 Å². The topological polar surface area (TPSA) is 85.8 Å². The molecule has 5 rings (SSSR count). The lowest BCUT2D eigenvalue weighted by Gasteiger charge is -2.07. The van der Waals surface area contributed by atoms with Crippen molar-refractivity contribution in [2.45, 2.75) is 11.5 Å². The molecule has 1 N–H and O–H groups in total. The molecule has 0 atom stereocenters. The monoisotopic (exact) mass is 428 g/mol. The summed E-state index contributed by atoms with van der Waals surface area (Å²) in [4.78, 5) is 8.94. The van der Waals surface area contributed by atoms with Crippen LogP contribution in [-0.2, 0) is 18.6 Å². The molecule has 8 nitrogen and oxygen atoms in total. The van der Waals surface area contributed by atoms with Gasteiger partial charge in [0, 0.05) is 36.8 Å². The van der Waals surface area contributed by atoms with Gasteiger partial charge in [-0.25, -0.2) is 9.97 Å². The van der Waals surface area contributed by atoms with Gasteiger partial charge in [0.05, 0.1) is 17.6 Å². The summed E-state index contributed by atoms with van der Waals surface area (Å²) >= 11 is 1.82. The molecule has 0 unspecified atom stereocenters. The van der Waals surface area contributed by atoms with Gasteiger partial charge in [0.15, 0.2) is 5.65 Å². The molecule has 0 saturated heterocycles. The van der Waals surface area contributed by atoms with Crippen LogP contribution in [-0.4, -0.2) is 34.3 Å². The van der Waals surface area contributed by atoms with Gasteiger partial charge >= 0.3 is 0 Å². The molecular weight excluding hydrogens is 408 g/mol. The zero-order chi connectivity index (χ0) is 21.0. The van der Waals surface area contributed by atoms with Gasteiger partial charge in [-0.2, -0.15) is 5.10 Å². The normalized spacial score (nSPS) is 11.1. The van der Waals surface area contributed by atoms with Crippen molar-refractivity contribution in [2.24, 2.45) is 7.05 Å². The zero-order valence-electron chi connectivity index (χ0n) is 16.9. The maximum absolute atomic E-state index is 4.63. The van der Waals surface area contributed by atoms with Gasteiger partial charge in [0.1, 0.15) is 11.6 Å². The molecule has 0 saturated carbocycles. The second-order valence-corrected chi connectivity index (χ2v) is 7.95. The molecule has 4 aromatic heterocycles. The fourth-order valence-corrected chi connectivity index (χ4v) is 4.13. The largest absolute Gasteiger partial charge is 0.309 e. The maximum Gasteiger partial charge on any atom is 0.228 e. The number of hydrogen-bond donors (Lipinski definition) is 1. The fraction of sp³-hybridized carbons (Fsp3) is 0.136. The molecule has 154 valence electrons. The SMILES string of the molecule is Cn1nccc1Nc1nccc(-c2ccn3c(CSCc4ccccc4)nnc3c2)n1. The first-order valence-electron chi connectivity index (χ1n) is 9.80. The van der Waals surface area contributed by atoms with Gasteiger partial charge in [-0.1, -0.05) is 30.3 Å². The third kappa shape index (κ3) is 4.26. The van der Waals surface area contributed by atoms with E-state index in [9.17, 15) is 0 Å². The van der Waals surface area contributed by atoms with E-state index in [2.05, 4.69) is 54.8 Å². The molecule has 0 radical (unpaired) electrons. The van der Waals surface area contributed by atoms with Crippen LogP contribution in [0.3, 0.4) is 0 Å². The van der Waals surface area contributed by atoms with Crippen molar-refractivity contribution in [2.75, 3.05) is 5.32 Å². The molecule has 0 aliphatic rings. The lowest BCUT2D eigenvalue weighted by molar-refractivity contribution is 0.775. The van der Waals surface area contributed by atoms with Gasteiger partial charge in [-0.3, -0.25) is 9.08 Å². The van der Waals surface area contributed by atoms with Crippen molar-refractivity contribution in [3.05, 3.63) is 84.6 Å². The molecule has 4 heterocycles. The van der Waals surface area contributed by atoms with E-state index in [1.165, 1.54) is 5.56 Å². The van der Waals surface area contributed by atoms with Gasteiger partial charge in [0.2, 0.25) is 5.95 Å². The molecular formula is C22H20N8S. The lowest BCUT2D eigenvalue weighted by atomic mass is 10.2. The van der Waals surface area contributed by atoms with Crippen molar-refractivity contribution < 1.29 is 0 Å². The number of benzene rings is 1. The standard InChI is InChI=1S/C22H20N8S/c1-29-19(8-11-24-29)26-22-23-10-7-18(25-22)17-9-12-30-20(13-17)27-28-21(30)15-31-14-16-5-3-2-4-6-16/h2-13H,14-15H2,1H3,(H,23,25,26). The van der Waals surface area contributed by atoms with Gasteiger partial charge in [-0.15, -0.1) is 22.0 Å². The summed E-state index contributed by atoms with van der Waals surface area (Å²) in [7, 11) is 1.86. The van der Waals surface area contributed by atoms with Crippen LogP contribution in [0.15, 0.2) is 73.2 Å². The Balaban J connectivity index is 1.32. The van der Waals surface area contributed by atoms with Gasteiger partial charge < -0.3 is 5.32 Å². The van der Waals surface area contributed by atoms with E-state index in [-0.39, 0.29) is 0 Å². The second-order valence-electron chi connectivity index (χ2n) is 6.97. The summed E-state index contributed by atoms with van der Waals surface area (Å²) in [5.74, 6) is 4.01. The van der Waals surface area contributed by atoms with E-state index in [1.54, 1.807) is 17.1 Å². The molecule has 31 heavy (non-hydrogen) atoms. The predicted molar refractivity (Wildman–Crippen MR) is 122 cm³/mol. The first-order valence-corrected chi connectivity index (χ1v) is 11.0. The number of nitrogens with zero attached hydrogens (tertiary/aromatic N) is 7. The molecule has 9 heteroatoms. The summed E-state index contributed by atoms with van der Waals surface area (Å²) in [5, 5.41) is 16.1. The van der Waals surface area contributed by atoms with Crippen LogP contribution >= 0.6 is 11.8 Å². The van der Waals surface area contributed by atoms with Crippen LogP contribution in [0.1, 0.15) is 11.4 Å². The van der Waals surface area contributed by atoms with E-state index in [4.69, 9.17) is 0 Å². The van der Waals surface area contributed by atoms with Crippen LogP contribution < -0.4 is 5.32 Å². The number of nitrogens with one attached hydrogen (secondary N) is 1. The Bertz CT molecular complexity index is 1310. The molecule has 0 fully saturated rings. The highest BCUT2D eigenvalue weighted by molar-refractivity contribution is 7.97. The zero-order valence-corrected chi connectivity index (χ0v) is 17.7. The van der Waals surface area contributed by atoms with Crippen molar-refractivity contribution in [1.82, 2.24) is 34.3 Å².